The molecule has 48 heavy (non-hydrogen) atoms. The zero-order valence-corrected chi connectivity index (χ0v) is 28.1. The van der Waals surface area contributed by atoms with Crippen LogP contribution in [-0.2, 0) is 9.53 Å². The number of carbonyl (C=O) groups excluding carboxylic acids is 1. The first kappa shape index (κ1) is 33.4. The van der Waals surface area contributed by atoms with Crippen molar-refractivity contribution in [1.82, 2.24) is 29.5 Å². The van der Waals surface area contributed by atoms with E-state index in [4.69, 9.17) is 20.3 Å². The number of nitrogen functional groups attached to an aromatic ring is 1. The molecule has 2 saturated heterocycles. The van der Waals surface area contributed by atoms with Crippen LogP contribution in [0, 0.1) is 17.1 Å². The number of ether oxygens (including phenoxy) is 2. The van der Waals surface area contributed by atoms with Crippen molar-refractivity contribution in [3.05, 3.63) is 71.7 Å². The van der Waals surface area contributed by atoms with Crippen LogP contribution in [0.1, 0.15) is 39.7 Å². The van der Waals surface area contributed by atoms with Crippen molar-refractivity contribution in [2.24, 2.45) is 0 Å². The fraction of sp³-hybridized carbons (Fsp3) is 0.400. The topological polar surface area (TPSA) is 135 Å². The number of thioether (sulfide) groups is 1. The molecule has 2 aromatic carbocycles. The molecule has 2 fully saturated rings. The summed E-state index contributed by atoms with van der Waals surface area (Å²) >= 11 is 1.48. The van der Waals surface area contributed by atoms with Crippen molar-refractivity contribution in [3.63, 3.8) is 0 Å². The number of likely N-dealkylation sites (N-methyl/N-ethyl adjacent to an activating group) is 1. The number of piperidine rings is 1. The highest BCUT2D eigenvalue weighted by Gasteiger charge is 2.35. The normalized spacial score (nSPS) is 17.4. The first-order valence-electron chi connectivity index (χ1n) is 16.1. The third-order valence-corrected chi connectivity index (χ3v) is 10.2. The average Bonchev–Trinajstić information content (AvgIpc) is 3.45. The van der Waals surface area contributed by atoms with Crippen LogP contribution in [0.4, 0.5) is 10.2 Å². The molecule has 0 bridgehead atoms. The summed E-state index contributed by atoms with van der Waals surface area (Å²) in [5.41, 5.74) is 7.26. The van der Waals surface area contributed by atoms with Gasteiger partial charge in [0.05, 0.1) is 30.7 Å². The molecule has 4 aromatic rings. The van der Waals surface area contributed by atoms with Gasteiger partial charge in [0.25, 0.3) is 5.91 Å². The molecule has 4 heterocycles. The summed E-state index contributed by atoms with van der Waals surface area (Å²) in [6.07, 6.45) is 2.76. The Bertz CT molecular complexity index is 1850. The number of halogens is 1. The number of hydrogen-bond donors (Lipinski definition) is 1. The number of nitrogens with two attached hydrogens (primary N) is 1. The molecule has 2 aliphatic heterocycles. The van der Waals surface area contributed by atoms with Gasteiger partial charge < -0.3 is 20.1 Å². The molecule has 6 rings (SSSR count). The van der Waals surface area contributed by atoms with E-state index in [9.17, 15) is 10.1 Å². The second-order valence-corrected chi connectivity index (χ2v) is 13.5. The van der Waals surface area contributed by atoms with Gasteiger partial charge in [0.2, 0.25) is 0 Å². The average molecular weight is 671 g/mol. The second kappa shape index (κ2) is 14.3. The molecule has 1 amide bonds. The van der Waals surface area contributed by atoms with Crippen LogP contribution >= 0.6 is 11.8 Å². The molecule has 2 N–H and O–H groups in total. The van der Waals surface area contributed by atoms with Crippen LogP contribution in [0.5, 0.6) is 11.5 Å². The zero-order chi connectivity index (χ0) is 33.8. The molecule has 2 aromatic heterocycles. The third-order valence-electron chi connectivity index (χ3n) is 8.89. The number of fused-ring (bicyclic) bond motifs is 1. The third kappa shape index (κ3) is 6.87. The van der Waals surface area contributed by atoms with Gasteiger partial charge in [0.1, 0.15) is 46.8 Å². The van der Waals surface area contributed by atoms with Gasteiger partial charge in [-0.1, -0.05) is 25.1 Å². The van der Waals surface area contributed by atoms with Gasteiger partial charge in [-0.3, -0.25) is 9.69 Å². The molecular weight excluding hydrogens is 632 g/mol. The highest BCUT2D eigenvalue weighted by atomic mass is 32.2. The maximum absolute atomic E-state index is 15.6. The van der Waals surface area contributed by atoms with E-state index in [1.54, 1.807) is 39.3 Å². The Kier molecular flexibility index (Phi) is 9.96. The number of nitrogens with zero attached hydrogens (tertiary/aromatic N) is 7. The zero-order valence-electron chi connectivity index (χ0n) is 27.3. The highest BCUT2D eigenvalue weighted by molar-refractivity contribution is 8.02. The molecule has 250 valence electrons. The molecular formula is C35H39FN8O3S. The minimum Gasteiger partial charge on any atom is -0.457 e. The minimum absolute atomic E-state index is 0.101. The van der Waals surface area contributed by atoms with E-state index in [0.29, 0.717) is 60.2 Å². The SMILES string of the molecule is CCN(C1COC1)C(C)(C)CS/C=C(\C#N)C(=O)N1CCC[C@@H](n2nc(-c3ccc(Oc4ccccc4)cc3F)c3c(N)ncnc32)C1. The summed E-state index contributed by atoms with van der Waals surface area (Å²) in [5, 5.41) is 16.9. The minimum atomic E-state index is -0.536. The summed E-state index contributed by atoms with van der Waals surface area (Å²) in [7, 11) is 0. The lowest BCUT2D eigenvalue weighted by Crippen LogP contribution is -2.58. The summed E-state index contributed by atoms with van der Waals surface area (Å²) in [6.45, 7) is 9.66. The van der Waals surface area contributed by atoms with Crippen LogP contribution in [0.25, 0.3) is 22.3 Å². The monoisotopic (exact) mass is 670 g/mol. The van der Waals surface area contributed by atoms with Crippen molar-refractivity contribution in [2.75, 3.05) is 44.3 Å². The lowest BCUT2D eigenvalue weighted by Gasteiger charge is -2.46. The maximum atomic E-state index is 15.6. The molecule has 1 atom stereocenters. The molecule has 0 radical (unpaired) electrons. The fourth-order valence-corrected chi connectivity index (χ4v) is 7.42. The second-order valence-electron chi connectivity index (χ2n) is 12.6. The highest BCUT2D eigenvalue weighted by Crippen LogP contribution is 2.37. The van der Waals surface area contributed by atoms with Gasteiger partial charge in [-0.05, 0) is 62.9 Å². The van der Waals surface area contributed by atoms with E-state index in [2.05, 4.69) is 41.7 Å². The lowest BCUT2D eigenvalue weighted by molar-refractivity contribution is -0.128. The van der Waals surface area contributed by atoms with Gasteiger partial charge >= 0.3 is 0 Å². The summed E-state index contributed by atoms with van der Waals surface area (Å²) in [5.74, 6) is 0.972. The summed E-state index contributed by atoms with van der Waals surface area (Å²) in [4.78, 5) is 26.4. The van der Waals surface area contributed by atoms with Gasteiger partial charge in [-0.25, -0.2) is 19.0 Å². The summed E-state index contributed by atoms with van der Waals surface area (Å²) in [6, 6.07) is 16.0. The first-order valence-corrected chi connectivity index (χ1v) is 17.1. The number of hydrogen-bond acceptors (Lipinski definition) is 10. The van der Waals surface area contributed by atoms with Crippen LogP contribution in [0.3, 0.4) is 0 Å². The number of benzene rings is 2. The number of nitriles is 1. The predicted octanol–water partition coefficient (Wildman–Crippen LogP) is 5.81. The molecule has 0 aliphatic carbocycles. The Labute approximate surface area is 283 Å². The number of aromatic nitrogens is 4. The van der Waals surface area contributed by atoms with Gasteiger partial charge in [0, 0.05) is 36.0 Å². The first-order chi connectivity index (χ1) is 23.2. The Balaban J connectivity index is 1.21. The standard InChI is InChI=1S/C35H39FN8O3S/c1-4-43(25-18-46-19-25)35(2,3)21-48-20-23(16-37)34(45)42-14-8-9-24(17-42)44-33-30(32(38)39-22-40-33)31(41-44)28-13-12-27(15-29(28)36)47-26-10-6-5-7-11-26/h5-7,10-13,15,20,22,24-25H,4,8-9,14,17-19,21H2,1-3H3,(H2,38,39,40)/b23-20+/t24-/m1/s1. The summed E-state index contributed by atoms with van der Waals surface area (Å²) < 4.78 is 28.6. The van der Waals surface area contributed by atoms with Gasteiger partial charge in [0.15, 0.2) is 5.65 Å². The van der Waals surface area contributed by atoms with Crippen molar-refractivity contribution in [1.29, 1.82) is 5.26 Å². The molecule has 13 heteroatoms. The molecule has 0 unspecified atom stereocenters. The van der Waals surface area contributed by atoms with Crippen molar-refractivity contribution >= 4 is 34.5 Å². The van der Waals surface area contributed by atoms with Crippen LogP contribution < -0.4 is 10.5 Å². The smallest absolute Gasteiger partial charge is 0.265 e. The number of para-hydroxylation sites is 1. The quantitative estimate of drug-likeness (QED) is 0.154. The number of anilines is 1. The van der Waals surface area contributed by atoms with E-state index in [0.717, 1.165) is 25.5 Å². The Hall–Kier alpha value is -4.51. The number of rotatable bonds is 11. The molecule has 0 saturated carbocycles. The van der Waals surface area contributed by atoms with Crippen molar-refractivity contribution < 1.29 is 18.7 Å². The van der Waals surface area contributed by atoms with Crippen molar-refractivity contribution in [3.8, 4) is 28.8 Å². The van der Waals surface area contributed by atoms with Crippen LogP contribution in [-0.4, -0.2) is 85.6 Å². The Morgan fingerprint density at radius 1 is 1.23 bits per heavy atom. The maximum Gasteiger partial charge on any atom is 0.265 e. The Morgan fingerprint density at radius 2 is 2.02 bits per heavy atom. The van der Waals surface area contributed by atoms with E-state index >= 15 is 4.39 Å². The van der Waals surface area contributed by atoms with Gasteiger partial charge in [-0.15, -0.1) is 11.8 Å². The number of carbonyl (C=O) groups is 1. The number of likely N-dealkylation sites (tertiary alicyclic amines) is 1. The van der Waals surface area contributed by atoms with Crippen molar-refractivity contribution in [2.45, 2.75) is 51.2 Å². The molecule has 11 nitrogen and oxygen atoms in total. The van der Waals surface area contributed by atoms with Crippen LogP contribution in [0.2, 0.25) is 0 Å². The number of amides is 1. The lowest BCUT2D eigenvalue weighted by atomic mass is 10.0. The molecule has 0 spiro atoms. The van der Waals surface area contributed by atoms with Crippen LogP contribution in [0.15, 0.2) is 65.8 Å². The van der Waals surface area contributed by atoms with Gasteiger partial charge in [-0.2, -0.15) is 10.4 Å². The predicted molar refractivity (Wildman–Crippen MR) is 184 cm³/mol. The fourth-order valence-electron chi connectivity index (χ4n) is 6.44. The largest absolute Gasteiger partial charge is 0.457 e. The van der Waals surface area contributed by atoms with E-state index in [1.165, 1.54) is 24.2 Å². The Morgan fingerprint density at radius 3 is 2.71 bits per heavy atom. The van der Waals surface area contributed by atoms with E-state index in [1.807, 2.05) is 18.2 Å². The molecule has 2 aliphatic rings. The van der Waals surface area contributed by atoms with E-state index in [-0.39, 0.29) is 34.4 Å². The van der Waals surface area contributed by atoms with E-state index < -0.39 is 5.82 Å².